The maximum atomic E-state index is 14.7. The van der Waals surface area contributed by atoms with Crippen LogP contribution in [-0.2, 0) is 19.1 Å². The highest BCUT2D eigenvalue weighted by Gasteiger charge is 2.20. The Morgan fingerprint density at radius 3 is 1.43 bits per heavy atom. The van der Waals surface area contributed by atoms with E-state index in [0.717, 1.165) is 62.1 Å². The van der Waals surface area contributed by atoms with E-state index in [-0.39, 0.29) is 54.8 Å². The van der Waals surface area contributed by atoms with Crippen LogP contribution in [0.2, 0.25) is 0 Å². The van der Waals surface area contributed by atoms with Crippen molar-refractivity contribution in [1.29, 1.82) is 0 Å². The molecule has 0 spiro atoms. The van der Waals surface area contributed by atoms with Gasteiger partial charge in [-0.3, -0.25) is 0 Å². The van der Waals surface area contributed by atoms with Crippen LogP contribution in [0.1, 0.15) is 82.4 Å². The topological polar surface area (TPSA) is 161 Å². The van der Waals surface area contributed by atoms with E-state index in [9.17, 15) is 37.9 Å². The number of rotatable bonds is 23. The van der Waals surface area contributed by atoms with Crippen molar-refractivity contribution in [2.24, 2.45) is 0 Å². The summed E-state index contributed by atoms with van der Waals surface area (Å²) in [5, 5.41) is 9.72. The number of aromatic carboxylic acids is 1. The molecule has 0 aliphatic rings. The Kier molecular flexibility index (Phi) is 17.2. The molecule has 1 N–H and O–H groups in total. The molecule has 282 valence electrons. The van der Waals surface area contributed by atoms with Gasteiger partial charge < -0.3 is 33.5 Å². The normalized spacial score (nSPS) is 10.5. The largest absolute Gasteiger partial charge is 0.491 e. The monoisotopic (exact) mass is 738 g/mol. The number of unbranched alkanes of at least 4 members (excludes halogenated alkanes) is 6. The van der Waals surface area contributed by atoms with Crippen molar-refractivity contribution >= 4 is 29.8 Å². The number of hydrogen-bond acceptors (Lipinski definition) is 11. The van der Waals surface area contributed by atoms with Gasteiger partial charge in [0.05, 0.1) is 37.6 Å². The number of benzene rings is 3. The Morgan fingerprint density at radius 2 is 1.00 bits per heavy atom. The molecule has 0 unspecified atom stereocenters. The Labute approximate surface area is 304 Å². The van der Waals surface area contributed by atoms with E-state index in [0.29, 0.717) is 25.7 Å². The zero-order valence-corrected chi connectivity index (χ0v) is 28.9. The Bertz CT molecular complexity index is 1770. The highest BCUT2D eigenvalue weighted by Crippen LogP contribution is 2.28. The number of hydrogen-bond donors (Lipinski definition) is 1. The second-order valence-electron chi connectivity index (χ2n) is 11.3. The van der Waals surface area contributed by atoms with Crippen LogP contribution < -0.4 is 18.9 Å². The summed E-state index contributed by atoms with van der Waals surface area (Å²) < 4.78 is 60.5. The molecule has 14 heteroatoms. The smallest absolute Gasteiger partial charge is 0.343 e. The van der Waals surface area contributed by atoms with E-state index < -0.39 is 52.8 Å². The van der Waals surface area contributed by atoms with Crippen LogP contribution in [0.3, 0.4) is 0 Å². The Hall–Kier alpha value is -6.05. The summed E-state index contributed by atoms with van der Waals surface area (Å²) in [6.07, 6.45) is 7.82. The van der Waals surface area contributed by atoms with Gasteiger partial charge in [-0.1, -0.05) is 13.2 Å². The average molecular weight is 739 g/mol. The summed E-state index contributed by atoms with van der Waals surface area (Å²) in [5.41, 5.74) is -0.917. The summed E-state index contributed by atoms with van der Waals surface area (Å²) in [6, 6.07) is 10.1. The average Bonchev–Trinajstić information content (AvgIpc) is 3.14. The first-order valence-corrected chi connectivity index (χ1v) is 16.8. The third kappa shape index (κ3) is 14.2. The molecule has 12 nitrogen and oxygen atoms in total. The molecule has 53 heavy (non-hydrogen) atoms. The molecule has 0 aliphatic carbocycles. The van der Waals surface area contributed by atoms with E-state index in [1.54, 1.807) is 0 Å². The summed E-state index contributed by atoms with van der Waals surface area (Å²) in [6.45, 7) is 7.63. The molecule has 3 aromatic carbocycles. The van der Waals surface area contributed by atoms with E-state index >= 15 is 0 Å². The third-order valence-electron chi connectivity index (χ3n) is 7.34. The van der Waals surface area contributed by atoms with Crippen LogP contribution in [0.5, 0.6) is 23.0 Å². The van der Waals surface area contributed by atoms with Gasteiger partial charge in [-0.15, -0.1) is 0 Å². The molecular formula is C39H40F2O12. The van der Waals surface area contributed by atoms with Crippen molar-refractivity contribution in [1.82, 2.24) is 0 Å². The van der Waals surface area contributed by atoms with Crippen LogP contribution in [-0.4, -0.2) is 61.4 Å². The molecular weight excluding hydrogens is 698 g/mol. The maximum Gasteiger partial charge on any atom is 0.343 e. The molecule has 0 aromatic heterocycles. The van der Waals surface area contributed by atoms with Crippen LogP contribution >= 0.6 is 0 Å². The van der Waals surface area contributed by atoms with Crippen LogP contribution in [0, 0.1) is 11.6 Å². The fraction of sp³-hybridized carbons (Fsp3) is 0.308. The molecule has 0 fully saturated rings. The van der Waals surface area contributed by atoms with Crippen molar-refractivity contribution in [2.75, 3.05) is 26.4 Å². The van der Waals surface area contributed by atoms with Crippen LogP contribution in [0.15, 0.2) is 79.9 Å². The number of carbonyl (C=O) groups excluding carboxylic acids is 4. The second-order valence-corrected chi connectivity index (χ2v) is 11.3. The van der Waals surface area contributed by atoms with Crippen LogP contribution in [0.4, 0.5) is 8.78 Å². The van der Waals surface area contributed by atoms with Crippen molar-refractivity contribution in [2.45, 2.75) is 51.4 Å². The van der Waals surface area contributed by atoms with Gasteiger partial charge in [-0.2, -0.15) is 0 Å². The Balaban J connectivity index is 1.49. The summed E-state index contributed by atoms with van der Waals surface area (Å²) in [5.74, 6) is -6.93. The minimum absolute atomic E-state index is 0.0724. The summed E-state index contributed by atoms with van der Waals surface area (Å²) >= 11 is 0. The number of carboxylic acids is 1. The van der Waals surface area contributed by atoms with Crippen molar-refractivity contribution in [3.05, 3.63) is 108 Å². The van der Waals surface area contributed by atoms with Crippen molar-refractivity contribution < 1.29 is 66.3 Å². The molecule has 0 amide bonds. The second kappa shape index (κ2) is 22.0. The van der Waals surface area contributed by atoms with E-state index in [4.69, 9.17) is 28.4 Å². The van der Waals surface area contributed by atoms with E-state index in [1.165, 1.54) is 30.3 Å². The zero-order valence-electron chi connectivity index (χ0n) is 28.9. The quantitative estimate of drug-likeness (QED) is 0.0444. The summed E-state index contributed by atoms with van der Waals surface area (Å²) in [7, 11) is 0. The molecule has 0 bridgehead atoms. The first-order chi connectivity index (χ1) is 25.5. The van der Waals surface area contributed by atoms with Crippen LogP contribution in [0.25, 0.3) is 0 Å². The van der Waals surface area contributed by atoms with Gasteiger partial charge in [-0.05, 0) is 106 Å². The summed E-state index contributed by atoms with van der Waals surface area (Å²) in [4.78, 5) is 59.5. The number of ether oxygens (including phenoxy) is 6. The predicted octanol–water partition coefficient (Wildman–Crippen LogP) is 7.44. The van der Waals surface area contributed by atoms with Gasteiger partial charge in [0.2, 0.25) is 0 Å². The first-order valence-electron chi connectivity index (χ1n) is 16.8. The standard InChI is InChI=1S/C39H40F2O12/c1-3-35(42)50-21-11-7-5-9-19-48-33-16-13-26(23-30(33)40)38(46)52-28-15-18-32(29(25-28)37(44)45)53-39(47)27-14-17-34(31(41)24-27)49-20-10-6-8-12-22-51-36(43)4-2/h3-4,13-18,23-25H,1-2,5-12,19-22H2,(H,44,45). The molecule has 0 atom stereocenters. The fourth-order valence-electron chi connectivity index (χ4n) is 4.59. The lowest BCUT2D eigenvalue weighted by molar-refractivity contribution is -0.138. The number of carbonyl (C=O) groups is 5. The molecule has 0 radical (unpaired) electrons. The molecule has 3 aromatic rings. The SMILES string of the molecule is C=CC(=O)OCCCCCCOc1ccc(C(=O)Oc2ccc(OC(=O)c3ccc(OCCCCCCOC(=O)C=C)c(F)c3)c(C(=O)O)c2)cc1F. The number of carboxylic acid groups (broad SMARTS) is 1. The number of halogens is 2. The third-order valence-corrected chi connectivity index (χ3v) is 7.34. The van der Waals surface area contributed by atoms with Gasteiger partial charge in [0, 0.05) is 12.2 Å². The lowest BCUT2D eigenvalue weighted by Gasteiger charge is -2.12. The minimum atomic E-state index is -1.51. The van der Waals surface area contributed by atoms with E-state index in [1.807, 2.05) is 0 Å². The van der Waals surface area contributed by atoms with Crippen molar-refractivity contribution in [3.63, 3.8) is 0 Å². The molecule has 0 aliphatic heterocycles. The number of esters is 4. The molecule has 0 heterocycles. The lowest BCUT2D eigenvalue weighted by atomic mass is 10.1. The first kappa shape index (κ1) is 41.4. The molecule has 0 saturated carbocycles. The van der Waals surface area contributed by atoms with Gasteiger partial charge in [0.25, 0.3) is 0 Å². The highest BCUT2D eigenvalue weighted by molar-refractivity contribution is 5.96. The minimum Gasteiger partial charge on any atom is -0.491 e. The molecule has 3 rings (SSSR count). The van der Waals surface area contributed by atoms with Gasteiger partial charge in [0.1, 0.15) is 17.1 Å². The maximum absolute atomic E-state index is 14.7. The predicted molar refractivity (Wildman–Crippen MR) is 186 cm³/mol. The van der Waals surface area contributed by atoms with Gasteiger partial charge in [-0.25, -0.2) is 32.8 Å². The highest BCUT2D eigenvalue weighted by atomic mass is 19.1. The zero-order chi connectivity index (χ0) is 38.6. The Morgan fingerprint density at radius 1 is 0.566 bits per heavy atom. The fourth-order valence-corrected chi connectivity index (χ4v) is 4.59. The molecule has 0 saturated heterocycles. The van der Waals surface area contributed by atoms with Crippen molar-refractivity contribution in [3.8, 4) is 23.0 Å². The van der Waals surface area contributed by atoms with Gasteiger partial charge >= 0.3 is 29.8 Å². The lowest BCUT2D eigenvalue weighted by Crippen LogP contribution is -2.13. The van der Waals surface area contributed by atoms with Gasteiger partial charge in [0.15, 0.2) is 23.1 Å². The van der Waals surface area contributed by atoms with E-state index in [2.05, 4.69) is 13.2 Å².